The molecule has 0 aliphatic heterocycles. The number of allylic oxidation sites excluding steroid dienone is 2. The summed E-state index contributed by atoms with van der Waals surface area (Å²) in [5.41, 5.74) is 4.92. The molecule has 0 aromatic heterocycles. The molecular formula is C9H16N2O2. The monoisotopic (exact) mass is 184 g/mol. The number of carbonyl (C=O) groups is 2. The van der Waals surface area contributed by atoms with Gasteiger partial charge in [0.25, 0.3) is 0 Å². The SMILES string of the molecule is CC/C=C\CCC(=O)N(C)C(N)=O. The maximum Gasteiger partial charge on any atom is 0.321 e. The molecule has 0 atom stereocenters. The Hall–Kier alpha value is -1.32. The molecule has 0 aromatic carbocycles. The van der Waals surface area contributed by atoms with Gasteiger partial charge in [0.2, 0.25) is 5.91 Å². The van der Waals surface area contributed by atoms with Gasteiger partial charge in [0.15, 0.2) is 0 Å². The van der Waals surface area contributed by atoms with E-state index in [1.807, 2.05) is 19.1 Å². The summed E-state index contributed by atoms with van der Waals surface area (Å²) >= 11 is 0. The van der Waals surface area contributed by atoms with E-state index >= 15 is 0 Å². The van der Waals surface area contributed by atoms with Gasteiger partial charge in [-0.2, -0.15) is 0 Å². The highest BCUT2D eigenvalue weighted by molar-refractivity contribution is 5.93. The number of amides is 3. The van der Waals surface area contributed by atoms with Crippen molar-refractivity contribution in [2.24, 2.45) is 5.73 Å². The molecule has 0 saturated carbocycles. The average Bonchev–Trinajstić information content (AvgIpc) is 2.10. The number of urea groups is 1. The number of primary amides is 1. The van der Waals surface area contributed by atoms with Crippen LogP contribution in [0.5, 0.6) is 0 Å². The third-order valence-electron chi connectivity index (χ3n) is 1.63. The summed E-state index contributed by atoms with van der Waals surface area (Å²) in [5, 5.41) is 0. The minimum Gasteiger partial charge on any atom is -0.351 e. The fourth-order valence-corrected chi connectivity index (χ4v) is 0.782. The van der Waals surface area contributed by atoms with Gasteiger partial charge in [0.05, 0.1) is 0 Å². The number of nitrogens with two attached hydrogens (primary N) is 1. The Labute approximate surface area is 78.4 Å². The molecule has 0 unspecified atom stereocenters. The summed E-state index contributed by atoms with van der Waals surface area (Å²) in [6, 6.07) is -0.704. The van der Waals surface area contributed by atoms with E-state index in [2.05, 4.69) is 0 Å². The van der Waals surface area contributed by atoms with E-state index in [4.69, 9.17) is 5.73 Å². The lowest BCUT2D eigenvalue weighted by atomic mass is 10.2. The second-order valence-corrected chi connectivity index (χ2v) is 2.71. The molecule has 0 aliphatic rings. The van der Waals surface area contributed by atoms with Gasteiger partial charge in [-0.3, -0.25) is 9.69 Å². The molecule has 3 amide bonds. The fraction of sp³-hybridized carbons (Fsp3) is 0.556. The normalized spacial score (nSPS) is 10.3. The second kappa shape index (κ2) is 6.22. The zero-order valence-electron chi connectivity index (χ0n) is 8.12. The van der Waals surface area contributed by atoms with Crippen molar-refractivity contribution in [2.45, 2.75) is 26.2 Å². The molecule has 0 aliphatic carbocycles. The van der Waals surface area contributed by atoms with Crippen LogP contribution in [0.4, 0.5) is 4.79 Å². The first-order chi connectivity index (χ1) is 6.09. The van der Waals surface area contributed by atoms with Gasteiger partial charge in [0, 0.05) is 13.5 Å². The quantitative estimate of drug-likeness (QED) is 0.669. The van der Waals surface area contributed by atoms with Gasteiger partial charge in [-0.25, -0.2) is 4.79 Å². The van der Waals surface area contributed by atoms with Gasteiger partial charge >= 0.3 is 6.03 Å². The van der Waals surface area contributed by atoms with Crippen molar-refractivity contribution in [1.29, 1.82) is 0 Å². The number of hydrogen-bond acceptors (Lipinski definition) is 2. The van der Waals surface area contributed by atoms with Gasteiger partial charge in [-0.05, 0) is 12.8 Å². The minimum atomic E-state index is -0.704. The molecule has 0 fully saturated rings. The Bertz CT molecular complexity index is 212. The molecular weight excluding hydrogens is 168 g/mol. The summed E-state index contributed by atoms with van der Waals surface area (Å²) in [7, 11) is 1.38. The van der Waals surface area contributed by atoms with E-state index in [0.29, 0.717) is 12.8 Å². The number of rotatable bonds is 4. The Morgan fingerprint density at radius 1 is 1.38 bits per heavy atom. The van der Waals surface area contributed by atoms with Gasteiger partial charge in [0.1, 0.15) is 0 Å². The van der Waals surface area contributed by atoms with E-state index in [1.165, 1.54) is 7.05 Å². The molecule has 4 nitrogen and oxygen atoms in total. The highest BCUT2D eigenvalue weighted by atomic mass is 16.2. The molecule has 0 rings (SSSR count). The summed E-state index contributed by atoms with van der Waals surface area (Å²) < 4.78 is 0. The van der Waals surface area contributed by atoms with Crippen molar-refractivity contribution in [3.8, 4) is 0 Å². The lowest BCUT2D eigenvalue weighted by Crippen LogP contribution is -2.37. The first-order valence-electron chi connectivity index (χ1n) is 4.30. The highest BCUT2D eigenvalue weighted by Gasteiger charge is 2.11. The topological polar surface area (TPSA) is 63.4 Å². The van der Waals surface area contributed by atoms with Crippen molar-refractivity contribution < 1.29 is 9.59 Å². The number of nitrogens with zero attached hydrogens (tertiary/aromatic N) is 1. The predicted molar refractivity (Wildman–Crippen MR) is 51.0 cm³/mol. The second-order valence-electron chi connectivity index (χ2n) is 2.71. The van der Waals surface area contributed by atoms with Gasteiger partial charge in [-0.1, -0.05) is 19.1 Å². The van der Waals surface area contributed by atoms with E-state index in [9.17, 15) is 9.59 Å². The first-order valence-corrected chi connectivity index (χ1v) is 4.30. The van der Waals surface area contributed by atoms with Crippen LogP contribution in [-0.2, 0) is 4.79 Å². The molecule has 2 N–H and O–H groups in total. The van der Waals surface area contributed by atoms with Crippen molar-refractivity contribution in [2.75, 3.05) is 7.05 Å². The molecule has 0 heterocycles. The summed E-state index contributed by atoms with van der Waals surface area (Å²) in [6.07, 6.45) is 5.85. The standard InChI is InChI=1S/C9H16N2O2/c1-3-4-5-6-7-8(12)11(2)9(10)13/h4-5H,3,6-7H2,1-2H3,(H2,10,13)/b5-4-. The predicted octanol–water partition coefficient (Wildman–Crippen LogP) is 1.27. The highest BCUT2D eigenvalue weighted by Crippen LogP contribution is 1.97. The smallest absolute Gasteiger partial charge is 0.321 e. The van der Waals surface area contributed by atoms with Gasteiger partial charge in [-0.15, -0.1) is 0 Å². The molecule has 74 valence electrons. The zero-order chi connectivity index (χ0) is 10.3. The molecule has 0 radical (unpaired) electrons. The van der Waals surface area contributed by atoms with Crippen molar-refractivity contribution in [1.82, 2.24) is 4.90 Å². The number of hydrogen-bond donors (Lipinski definition) is 1. The largest absolute Gasteiger partial charge is 0.351 e. The van der Waals surface area contributed by atoms with E-state index in [0.717, 1.165) is 11.3 Å². The minimum absolute atomic E-state index is 0.242. The molecule has 4 heteroatoms. The Morgan fingerprint density at radius 3 is 2.46 bits per heavy atom. The Morgan fingerprint density at radius 2 is 2.00 bits per heavy atom. The Kier molecular flexibility index (Phi) is 5.59. The molecule has 13 heavy (non-hydrogen) atoms. The van der Waals surface area contributed by atoms with Crippen LogP contribution in [0, 0.1) is 0 Å². The summed E-state index contributed by atoms with van der Waals surface area (Å²) in [6.45, 7) is 2.02. The van der Waals surface area contributed by atoms with Gasteiger partial charge < -0.3 is 5.73 Å². The molecule has 0 aromatic rings. The first kappa shape index (κ1) is 11.7. The summed E-state index contributed by atoms with van der Waals surface area (Å²) in [4.78, 5) is 22.6. The van der Waals surface area contributed by atoms with Crippen LogP contribution in [0.25, 0.3) is 0 Å². The van der Waals surface area contributed by atoms with Crippen LogP contribution in [0.2, 0.25) is 0 Å². The fourth-order valence-electron chi connectivity index (χ4n) is 0.782. The average molecular weight is 184 g/mol. The van der Waals surface area contributed by atoms with Crippen LogP contribution in [0.15, 0.2) is 12.2 Å². The van der Waals surface area contributed by atoms with Crippen molar-refractivity contribution >= 4 is 11.9 Å². The Balaban J connectivity index is 3.75. The third-order valence-corrected chi connectivity index (χ3v) is 1.63. The van der Waals surface area contributed by atoms with Crippen LogP contribution >= 0.6 is 0 Å². The van der Waals surface area contributed by atoms with E-state index < -0.39 is 6.03 Å². The summed E-state index contributed by atoms with van der Waals surface area (Å²) in [5.74, 6) is -0.242. The van der Waals surface area contributed by atoms with Crippen LogP contribution in [-0.4, -0.2) is 23.9 Å². The molecule has 0 bridgehead atoms. The van der Waals surface area contributed by atoms with Crippen LogP contribution in [0.1, 0.15) is 26.2 Å². The van der Waals surface area contributed by atoms with Crippen molar-refractivity contribution in [3.05, 3.63) is 12.2 Å². The third kappa shape index (κ3) is 5.00. The lowest BCUT2D eigenvalue weighted by molar-refractivity contribution is -0.127. The maximum atomic E-state index is 11.1. The van der Waals surface area contributed by atoms with Crippen LogP contribution in [0.3, 0.4) is 0 Å². The molecule has 0 spiro atoms. The zero-order valence-corrected chi connectivity index (χ0v) is 8.12. The van der Waals surface area contributed by atoms with E-state index in [-0.39, 0.29) is 5.91 Å². The lowest BCUT2D eigenvalue weighted by Gasteiger charge is -2.10. The maximum absolute atomic E-state index is 11.1. The molecule has 0 saturated heterocycles. The number of carbonyl (C=O) groups excluding carboxylic acids is 2. The number of imide groups is 1. The van der Waals surface area contributed by atoms with Crippen LogP contribution < -0.4 is 5.73 Å². The van der Waals surface area contributed by atoms with Crippen molar-refractivity contribution in [3.63, 3.8) is 0 Å². The van der Waals surface area contributed by atoms with E-state index in [1.54, 1.807) is 0 Å².